The highest BCUT2D eigenvalue weighted by Gasteiger charge is 2.35. The van der Waals surface area contributed by atoms with Crippen molar-refractivity contribution in [2.45, 2.75) is 64.1 Å². The van der Waals surface area contributed by atoms with Crippen molar-refractivity contribution in [3.05, 3.63) is 35.4 Å². The summed E-state index contributed by atoms with van der Waals surface area (Å²) in [4.78, 5) is 2.71. The number of fused-ring (bicyclic) bond motifs is 1. The van der Waals surface area contributed by atoms with E-state index in [4.69, 9.17) is 5.73 Å². The number of rotatable bonds is 1. The smallest absolute Gasteiger partial charge is 0.0455 e. The van der Waals surface area contributed by atoms with E-state index in [9.17, 15) is 0 Å². The molecule has 3 rings (SSSR count). The van der Waals surface area contributed by atoms with E-state index in [1.165, 1.54) is 49.8 Å². The van der Waals surface area contributed by atoms with Crippen molar-refractivity contribution < 1.29 is 0 Å². The third-order valence-corrected chi connectivity index (χ3v) is 5.62. The Bertz CT molecular complexity index is 456. The van der Waals surface area contributed by atoms with Crippen LogP contribution < -0.4 is 5.73 Å². The molecular weight excluding hydrogens is 244 g/mol. The average Bonchev–Trinajstić information content (AvgIpc) is 2.62. The summed E-state index contributed by atoms with van der Waals surface area (Å²) in [6, 6.07) is 10.2. The minimum absolute atomic E-state index is 0.182. The average molecular weight is 272 g/mol. The van der Waals surface area contributed by atoms with E-state index in [1.54, 1.807) is 0 Å². The summed E-state index contributed by atoms with van der Waals surface area (Å²) in [6.45, 7) is 6.02. The lowest BCUT2D eigenvalue weighted by atomic mass is 9.87. The number of piperidine rings is 1. The van der Waals surface area contributed by atoms with Gasteiger partial charge in [-0.05, 0) is 62.6 Å². The van der Waals surface area contributed by atoms with E-state index < -0.39 is 0 Å². The SMILES string of the molecule is CC1CCCN(C2CCCc3ccccc3C2N)C1C. The number of nitrogens with two attached hydrogens (primary N) is 1. The fourth-order valence-electron chi connectivity index (χ4n) is 4.18. The summed E-state index contributed by atoms with van der Waals surface area (Å²) in [5.74, 6) is 0.800. The van der Waals surface area contributed by atoms with Crippen LogP contribution in [0.15, 0.2) is 24.3 Å². The lowest BCUT2D eigenvalue weighted by Crippen LogP contribution is -2.51. The topological polar surface area (TPSA) is 29.3 Å². The van der Waals surface area contributed by atoms with Crippen LogP contribution in [0.4, 0.5) is 0 Å². The van der Waals surface area contributed by atoms with Crippen LogP contribution in [0.1, 0.15) is 56.7 Å². The van der Waals surface area contributed by atoms with Crippen molar-refractivity contribution in [2.24, 2.45) is 11.7 Å². The highest BCUT2D eigenvalue weighted by atomic mass is 15.2. The fraction of sp³-hybridized carbons (Fsp3) is 0.667. The van der Waals surface area contributed by atoms with Gasteiger partial charge in [-0.15, -0.1) is 0 Å². The van der Waals surface area contributed by atoms with Crippen molar-refractivity contribution in [2.75, 3.05) is 6.54 Å². The molecule has 4 atom stereocenters. The molecule has 0 spiro atoms. The molecule has 0 amide bonds. The molecule has 0 saturated carbocycles. The lowest BCUT2D eigenvalue weighted by molar-refractivity contribution is 0.0520. The van der Waals surface area contributed by atoms with Gasteiger partial charge < -0.3 is 5.73 Å². The molecule has 2 nitrogen and oxygen atoms in total. The molecule has 1 fully saturated rings. The zero-order chi connectivity index (χ0) is 14.1. The van der Waals surface area contributed by atoms with Crippen molar-refractivity contribution in [1.29, 1.82) is 0 Å². The zero-order valence-corrected chi connectivity index (χ0v) is 12.9. The van der Waals surface area contributed by atoms with Gasteiger partial charge in [0.15, 0.2) is 0 Å². The molecule has 1 aromatic carbocycles. The van der Waals surface area contributed by atoms with Gasteiger partial charge in [0.25, 0.3) is 0 Å². The molecule has 1 aromatic rings. The zero-order valence-electron chi connectivity index (χ0n) is 12.9. The van der Waals surface area contributed by atoms with Crippen molar-refractivity contribution in [1.82, 2.24) is 4.90 Å². The van der Waals surface area contributed by atoms with E-state index in [2.05, 4.69) is 43.0 Å². The van der Waals surface area contributed by atoms with Crippen LogP contribution >= 0.6 is 0 Å². The summed E-state index contributed by atoms with van der Waals surface area (Å²) < 4.78 is 0. The fourth-order valence-corrected chi connectivity index (χ4v) is 4.18. The van der Waals surface area contributed by atoms with Crippen LogP contribution in [0.2, 0.25) is 0 Å². The number of benzene rings is 1. The third kappa shape index (κ3) is 2.51. The first-order valence-electron chi connectivity index (χ1n) is 8.27. The Balaban J connectivity index is 1.87. The van der Waals surface area contributed by atoms with Gasteiger partial charge in [-0.3, -0.25) is 4.90 Å². The Hall–Kier alpha value is -0.860. The number of aryl methyl sites for hydroxylation is 1. The summed E-state index contributed by atoms with van der Waals surface area (Å²) >= 11 is 0. The maximum absolute atomic E-state index is 6.69. The first-order valence-corrected chi connectivity index (χ1v) is 8.27. The number of nitrogens with zero attached hydrogens (tertiary/aromatic N) is 1. The molecule has 0 bridgehead atoms. The van der Waals surface area contributed by atoms with Gasteiger partial charge in [0.1, 0.15) is 0 Å². The minimum Gasteiger partial charge on any atom is -0.323 e. The molecule has 0 aromatic heterocycles. The predicted molar refractivity (Wildman–Crippen MR) is 84.7 cm³/mol. The Morgan fingerprint density at radius 3 is 2.75 bits per heavy atom. The first kappa shape index (κ1) is 14.1. The molecule has 1 aliphatic carbocycles. The largest absolute Gasteiger partial charge is 0.323 e. The molecule has 4 unspecified atom stereocenters. The van der Waals surface area contributed by atoms with Gasteiger partial charge in [0, 0.05) is 18.1 Å². The molecule has 2 aliphatic rings. The van der Waals surface area contributed by atoms with Gasteiger partial charge in [0.05, 0.1) is 0 Å². The van der Waals surface area contributed by atoms with Crippen LogP contribution in [-0.2, 0) is 6.42 Å². The van der Waals surface area contributed by atoms with E-state index in [1.807, 2.05) is 0 Å². The van der Waals surface area contributed by atoms with Gasteiger partial charge in [0.2, 0.25) is 0 Å². The lowest BCUT2D eigenvalue weighted by Gasteiger charge is -2.44. The molecule has 1 aliphatic heterocycles. The molecule has 110 valence electrons. The van der Waals surface area contributed by atoms with Crippen LogP contribution in [-0.4, -0.2) is 23.5 Å². The van der Waals surface area contributed by atoms with Gasteiger partial charge >= 0.3 is 0 Å². The van der Waals surface area contributed by atoms with Crippen LogP contribution in [0.25, 0.3) is 0 Å². The Kier molecular flexibility index (Phi) is 4.13. The Labute approximate surface area is 123 Å². The molecule has 20 heavy (non-hydrogen) atoms. The number of hydrogen-bond acceptors (Lipinski definition) is 2. The van der Waals surface area contributed by atoms with E-state index in [0.717, 1.165) is 5.92 Å². The second kappa shape index (κ2) is 5.87. The van der Waals surface area contributed by atoms with Gasteiger partial charge in [-0.2, -0.15) is 0 Å². The summed E-state index contributed by atoms with van der Waals surface area (Å²) in [6.07, 6.45) is 6.41. The Morgan fingerprint density at radius 1 is 1.10 bits per heavy atom. The van der Waals surface area contributed by atoms with Crippen LogP contribution in [0, 0.1) is 5.92 Å². The molecule has 1 heterocycles. The van der Waals surface area contributed by atoms with E-state index in [-0.39, 0.29) is 6.04 Å². The number of hydrogen-bond donors (Lipinski definition) is 1. The molecular formula is C18H28N2. The minimum atomic E-state index is 0.182. The second-order valence-corrected chi connectivity index (χ2v) is 6.78. The monoisotopic (exact) mass is 272 g/mol. The predicted octanol–water partition coefficient (Wildman–Crippen LogP) is 3.51. The summed E-state index contributed by atoms with van der Waals surface area (Å²) in [5.41, 5.74) is 9.55. The van der Waals surface area contributed by atoms with Gasteiger partial charge in [-0.1, -0.05) is 31.2 Å². The highest BCUT2D eigenvalue weighted by molar-refractivity contribution is 5.32. The highest BCUT2D eigenvalue weighted by Crippen LogP contribution is 2.34. The first-order chi connectivity index (χ1) is 9.68. The van der Waals surface area contributed by atoms with Crippen LogP contribution in [0.5, 0.6) is 0 Å². The molecule has 1 saturated heterocycles. The maximum atomic E-state index is 6.69. The van der Waals surface area contributed by atoms with Crippen molar-refractivity contribution in [3.63, 3.8) is 0 Å². The summed E-state index contributed by atoms with van der Waals surface area (Å²) in [7, 11) is 0. The second-order valence-electron chi connectivity index (χ2n) is 6.78. The normalized spacial score (nSPS) is 35.4. The number of likely N-dealkylation sites (tertiary alicyclic amines) is 1. The van der Waals surface area contributed by atoms with E-state index in [0.29, 0.717) is 12.1 Å². The quantitative estimate of drug-likeness (QED) is 0.793. The van der Waals surface area contributed by atoms with Crippen molar-refractivity contribution >= 4 is 0 Å². The summed E-state index contributed by atoms with van der Waals surface area (Å²) in [5, 5.41) is 0. The Morgan fingerprint density at radius 2 is 1.90 bits per heavy atom. The van der Waals surface area contributed by atoms with Crippen molar-refractivity contribution in [3.8, 4) is 0 Å². The van der Waals surface area contributed by atoms with E-state index >= 15 is 0 Å². The molecule has 2 N–H and O–H groups in total. The van der Waals surface area contributed by atoms with Gasteiger partial charge in [-0.25, -0.2) is 0 Å². The van der Waals surface area contributed by atoms with Crippen LogP contribution in [0.3, 0.4) is 0 Å². The molecule has 2 heteroatoms. The maximum Gasteiger partial charge on any atom is 0.0455 e. The third-order valence-electron chi connectivity index (χ3n) is 5.62. The molecule has 0 radical (unpaired) electrons. The standard InChI is InChI=1S/C18H28N2/c1-13-7-6-12-20(14(13)2)17-11-5-9-15-8-3-4-10-16(15)18(17)19/h3-4,8,10,13-14,17-18H,5-7,9,11-12,19H2,1-2H3.